The number of benzene rings is 1. The maximum absolute atomic E-state index is 9.70. The van der Waals surface area contributed by atoms with Crippen LogP contribution in [0.15, 0.2) is 35.7 Å². The number of thiophene rings is 1. The third-order valence-corrected chi connectivity index (χ3v) is 6.84. The van der Waals surface area contributed by atoms with Crippen LogP contribution < -0.4 is 0 Å². The van der Waals surface area contributed by atoms with Gasteiger partial charge in [-0.1, -0.05) is 18.6 Å². The molecule has 3 nitrogen and oxygen atoms in total. The monoisotopic (exact) mass is 370 g/mol. The number of hydrogen-bond acceptors (Lipinski definition) is 4. The van der Waals surface area contributed by atoms with Crippen molar-refractivity contribution in [3.8, 4) is 5.75 Å². The normalized spacial score (nSPS) is 20.5. The first kappa shape index (κ1) is 18.0. The van der Waals surface area contributed by atoms with E-state index in [0.717, 1.165) is 26.2 Å². The molecule has 1 aromatic heterocycles. The number of phenols is 1. The maximum atomic E-state index is 9.70. The van der Waals surface area contributed by atoms with Crippen LogP contribution in [-0.4, -0.2) is 41.1 Å². The molecule has 2 aromatic rings. The Kier molecular flexibility index (Phi) is 5.93. The smallest absolute Gasteiger partial charge is 0.115 e. The Labute approximate surface area is 161 Å². The number of phenolic OH excluding ortho intramolecular Hbond substituents is 1. The van der Waals surface area contributed by atoms with Crippen LogP contribution in [0.25, 0.3) is 0 Å². The van der Waals surface area contributed by atoms with Crippen LogP contribution in [-0.2, 0) is 13.1 Å². The molecule has 1 N–H and O–H groups in total. The van der Waals surface area contributed by atoms with Crippen molar-refractivity contribution in [3.05, 3.63) is 51.7 Å². The molecule has 3 heterocycles. The van der Waals surface area contributed by atoms with E-state index in [1.54, 1.807) is 6.07 Å². The molecule has 0 spiro atoms. The molecule has 0 radical (unpaired) electrons. The molecule has 2 aliphatic heterocycles. The molecule has 0 saturated carbocycles. The van der Waals surface area contributed by atoms with Crippen LogP contribution in [0.5, 0.6) is 5.75 Å². The van der Waals surface area contributed by atoms with Gasteiger partial charge in [-0.15, -0.1) is 11.3 Å². The first-order valence-corrected chi connectivity index (χ1v) is 10.9. The lowest BCUT2D eigenvalue weighted by Crippen LogP contribution is -2.32. The summed E-state index contributed by atoms with van der Waals surface area (Å²) >= 11 is 1.93. The lowest BCUT2D eigenvalue weighted by Gasteiger charge is -2.32. The minimum absolute atomic E-state index is 0.393. The predicted octanol–water partition coefficient (Wildman–Crippen LogP) is 4.82. The fourth-order valence-electron chi connectivity index (χ4n) is 4.39. The Balaban J connectivity index is 1.26. The van der Waals surface area contributed by atoms with Gasteiger partial charge in [0.1, 0.15) is 5.75 Å². The van der Waals surface area contributed by atoms with Gasteiger partial charge in [-0.25, -0.2) is 0 Å². The summed E-state index contributed by atoms with van der Waals surface area (Å²) in [5.41, 5.74) is 2.80. The standard InChI is InChI=1S/C22H30N2OS/c25-21-6-4-5-20(14-21)19-7-11-24(12-8-19)16-22-13-18(17-26-22)15-23-9-2-1-3-10-23/h4-6,13-14,17,19,25H,1-3,7-12,15-16H2. The molecular weight excluding hydrogens is 340 g/mol. The van der Waals surface area contributed by atoms with Crippen LogP contribution in [0.3, 0.4) is 0 Å². The molecule has 2 saturated heterocycles. The predicted molar refractivity (Wildman–Crippen MR) is 109 cm³/mol. The summed E-state index contributed by atoms with van der Waals surface area (Å²) < 4.78 is 0. The van der Waals surface area contributed by atoms with Crippen molar-refractivity contribution in [2.24, 2.45) is 0 Å². The van der Waals surface area contributed by atoms with Gasteiger partial charge in [-0.2, -0.15) is 0 Å². The highest BCUT2D eigenvalue weighted by Crippen LogP contribution is 2.31. The SMILES string of the molecule is Oc1cccc(C2CCN(Cc3cc(CN4CCCCC4)cs3)CC2)c1. The Hall–Kier alpha value is -1.36. The second kappa shape index (κ2) is 8.55. The second-order valence-corrected chi connectivity index (χ2v) is 8.90. The van der Waals surface area contributed by atoms with E-state index in [9.17, 15) is 5.11 Å². The van der Waals surface area contributed by atoms with Crippen LogP contribution in [0.1, 0.15) is 54.0 Å². The lowest BCUT2D eigenvalue weighted by atomic mass is 9.89. The van der Waals surface area contributed by atoms with Gasteiger partial charge in [0.2, 0.25) is 0 Å². The Bertz CT molecular complexity index is 700. The quantitative estimate of drug-likeness (QED) is 0.817. The molecule has 4 rings (SSSR count). The largest absolute Gasteiger partial charge is 0.508 e. The van der Waals surface area contributed by atoms with Crippen molar-refractivity contribution in [1.29, 1.82) is 0 Å². The summed E-state index contributed by atoms with van der Waals surface area (Å²) in [6.45, 7) is 7.08. The molecular formula is C22H30N2OS. The summed E-state index contributed by atoms with van der Waals surface area (Å²) in [6.07, 6.45) is 6.52. The van der Waals surface area contributed by atoms with Crippen molar-refractivity contribution in [2.75, 3.05) is 26.2 Å². The maximum Gasteiger partial charge on any atom is 0.115 e. The topological polar surface area (TPSA) is 26.7 Å². The van der Waals surface area contributed by atoms with E-state index < -0.39 is 0 Å². The zero-order chi connectivity index (χ0) is 17.8. The Morgan fingerprint density at radius 2 is 1.69 bits per heavy atom. The number of piperidine rings is 2. The fourth-order valence-corrected chi connectivity index (χ4v) is 5.31. The van der Waals surface area contributed by atoms with E-state index >= 15 is 0 Å². The van der Waals surface area contributed by atoms with Crippen molar-refractivity contribution in [2.45, 2.75) is 51.1 Å². The summed E-state index contributed by atoms with van der Waals surface area (Å²) in [4.78, 5) is 6.71. The number of likely N-dealkylation sites (tertiary alicyclic amines) is 2. The summed E-state index contributed by atoms with van der Waals surface area (Å²) in [7, 11) is 0. The number of nitrogens with zero attached hydrogens (tertiary/aromatic N) is 2. The molecule has 0 atom stereocenters. The Morgan fingerprint density at radius 3 is 2.46 bits per heavy atom. The summed E-state index contributed by atoms with van der Waals surface area (Å²) in [6, 6.07) is 10.3. The van der Waals surface area contributed by atoms with Crippen LogP contribution >= 0.6 is 11.3 Å². The van der Waals surface area contributed by atoms with E-state index in [0.29, 0.717) is 11.7 Å². The fraction of sp³-hybridized carbons (Fsp3) is 0.545. The van der Waals surface area contributed by atoms with Gasteiger partial charge in [0, 0.05) is 18.0 Å². The molecule has 2 fully saturated rings. The molecule has 26 heavy (non-hydrogen) atoms. The van der Waals surface area contributed by atoms with Gasteiger partial charge in [0.05, 0.1) is 0 Å². The van der Waals surface area contributed by atoms with Gasteiger partial charge in [-0.05, 0) is 92.5 Å². The average Bonchev–Trinajstić information content (AvgIpc) is 3.10. The third-order valence-electron chi connectivity index (χ3n) is 5.87. The van der Waals surface area contributed by atoms with Crippen LogP contribution in [0.2, 0.25) is 0 Å². The highest BCUT2D eigenvalue weighted by atomic mass is 32.1. The van der Waals surface area contributed by atoms with Crippen molar-refractivity contribution < 1.29 is 5.11 Å². The lowest BCUT2D eigenvalue weighted by molar-refractivity contribution is 0.206. The van der Waals surface area contributed by atoms with Crippen molar-refractivity contribution in [1.82, 2.24) is 9.80 Å². The summed E-state index contributed by atoms with van der Waals surface area (Å²) in [5, 5.41) is 12.1. The summed E-state index contributed by atoms with van der Waals surface area (Å²) in [5.74, 6) is 0.987. The average molecular weight is 371 g/mol. The first-order valence-electron chi connectivity index (χ1n) is 10.1. The van der Waals surface area contributed by atoms with Gasteiger partial charge in [-0.3, -0.25) is 9.80 Å². The first-order chi connectivity index (χ1) is 12.8. The van der Waals surface area contributed by atoms with Gasteiger partial charge in [0.15, 0.2) is 0 Å². The van der Waals surface area contributed by atoms with Crippen molar-refractivity contribution in [3.63, 3.8) is 0 Å². The number of hydrogen-bond donors (Lipinski definition) is 1. The van der Waals surface area contributed by atoms with Gasteiger partial charge < -0.3 is 5.11 Å². The minimum Gasteiger partial charge on any atom is -0.508 e. The molecule has 0 bridgehead atoms. The minimum atomic E-state index is 0.393. The van der Waals surface area contributed by atoms with E-state index in [2.05, 4.69) is 27.3 Å². The van der Waals surface area contributed by atoms with E-state index in [1.165, 1.54) is 61.2 Å². The zero-order valence-electron chi connectivity index (χ0n) is 15.6. The van der Waals surface area contributed by atoms with Gasteiger partial charge >= 0.3 is 0 Å². The highest BCUT2D eigenvalue weighted by Gasteiger charge is 2.21. The molecule has 140 valence electrons. The van der Waals surface area contributed by atoms with Gasteiger partial charge in [0.25, 0.3) is 0 Å². The van der Waals surface area contributed by atoms with Crippen LogP contribution in [0, 0.1) is 0 Å². The third kappa shape index (κ3) is 4.67. The number of rotatable bonds is 5. The molecule has 4 heteroatoms. The zero-order valence-corrected chi connectivity index (χ0v) is 16.4. The van der Waals surface area contributed by atoms with Crippen LogP contribution in [0.4, 0.5) is 0 Å². The molecule has 0 amide bonds. The van der Waals surface area contributed by atoms with E-state index in [1.807, 2.05) is 23.5 Å². The second-order valence-electron chi connectivity index (χ2n) is 7.90. The highest BCUT2D eigenvalue weighted by molar-refractivity contribution is 7.10. The van der Waals surface area contributed by atoms with E-state index in [4.69, 9.17) is 0 Å². The molecule has 2 aliphatic rings. The Morgan fingerprint density at radius 1 is 0.923 bits per heavy atom. The van der Waals surface area contributed by atoms with Crippen molar-refractivity contribution >= 4 is 11.3 Å². The molecule has 0 aliphatic carbocycles. The number of aromatic hydroxyl groups is 1. The van der Waals surface area contributed by atoms with E-state index in [-0.39, 0.29) is 0 Å². The molecule has 1 aromatic carbocycles. The molecule has 0 unspecified atom stereocenters.